The first-order valence-corrected chi connectivity index (χ1v) is 9.86. The van der Waals surface area contributed by atoms with Gasteiger partial charge in [-0.2, -0.15) is 0 Å². The van der Waals surface area contributed by atoms with E-state index < -0.39 is 0 Å². The molecule has 144 valence electrons. The summed E-state index contributed by atoms with van der Waals surface area (Å²) in [5, 5.41) is 0. The Balaban J connectivity index is 1.59. The van der Waals surface area contributed by atoms with Crippen LogP contribution in [0.3, 0.4) is 0 Å². The molecule has 0 spiro atoms. The van der Waals surface area contributed by atoms with E-state index in [0.29, 0.717) is 0 Å². The highest BCUT2D eigenvalue weighted by Crippen LogP contribution is 2.34. The normalized spacial score (nSPS) is 11.4. The van der Waals surface area contributed by atoms with Crippen molar-refractivity contribution in [2.75, 3.05) is 11.5 Å². The first kappa shape index (κ1) is 18.8. The summed E-state index contributed by atoms with van der Waals surface area (Å²) in [6.45, 7) is 4.53. The summed E-state index contributed by atoms with van der Waals surface area (Å²) >= 11 is 0. The summed E-state index contributed by atoms with van der Waals surface area (Å²) in [4.78, 5) is 0. The van der Waals surface area contributed by atoms with E-state index in [9.17, 15) is 0 Å². The van der Waals surface area contributed by atoms with Gasteiger partial charge in [-0.3, -0.25) is 0 Å². The lowest BCUT2D eigenvalue weighted by Gasteiger charge is -2.26. The predicted octanol–water partition coefficient (Wildman–Crippen LogP) is 6.51. The molecule has 4 rings (SSSR count). The number of rotatable bonds is 4. The average molecular weight is 379 g/mol. The topological polar surface area (TPSA) is 52.0 Å². The van der Waals surface area contributed by atoms with E-state index in [2.05, 4.69) is 86.6 Å². The molecule has 0 aromatic heterocycles. The van der Waals surface area contributed by atoms with Crippen molar-refractivity contribution in [1.29, 1.82) is 0 Å². The van der Waals surface area contributed by atoms with Gasteiger partial charge in [0.1, 0.15) is 0 Å². The zero-order chi connectivity index (χ0) is 20.4. The molecule has 2 heteroatoms. The fourth-order valence-electron chi connectivity index (χ4n) is 3.68. The average Bonchev–Trinajstić information content (AvgIpc) is 2.75. The van der Waals surface area contributed by atoms with Crippen LogP contribution >= 0.6 is 0 Å². The van der Waals surface area contributed by atoms with E-state index >= 15 is 0 Å². The minimum absolute atomic E-state index is 0.0840. The van der Waals surface area contributed by atoms with Crippen molar-refractivity contribution < 1.29 is 0 Å². The van der Waals surface area contributed by atoms with Crippen LogP contribution < -0.4 is 11.5 Å². The molecule has 0 unspecified atom stereocenters. The van der Waals surface area contributed by atoms with Crippen molar-refractivity contribution in [2.45, 2.75) is 19.3 Å². The number of nitrogen functional groups attached to an aromatic ring is 2. The second-order valence-electron chi connectivity index (χ2n) is 8.02. The summed E-state index contributed by atoms with van der Waals surface area (Å²) in [5.74, 6) is 0. The highest BCUT2D eigenvalue weighted by Gasteiger charge is 2.23. The van der Waals surface area contributed by atoms with Crippen molar-refractivity contribution in [1.82, 2.24) is 0 Å². The number of nitrogens with two attached hydrogens (primary N) is 2. The smallest absolute Gasteiger partial charge is 0.0314 e. The Hall–Kier alpha value is -3.52. The SMILES string of the molecule is CC(C)(c1ccc(-c2ccc(N)cc2)cc1)c1ccc(-c2ccc(N)cc2)cc1. The molecule has 0 saturated carbocycles. The summed E-state index contributed by atoms with van der Waals surface area (Å²) in [5.41, 5.74) is 20.4. The molecule has 0 heterocycles. The molecule has 4 aromatic rings. The Bertz CT molecular complexity index is 998. The first-order chi connectivity index (χ1) is 13.9. The minimum atomic E-state index is -0.0840. The van der Waals surface area contributed by atoms with Crippen LogP contribution in [0.2, 0.25) is 0 Å². The van der Waals surface area contributed by atoms with Crippen LogP contribution in [0, 0.1) is 0 Å². The molecule has 0 bridgehead atoms. The Labute approximate surface area is 172 Å². The molecule has 29 heavy (non-hydrogen) atoms. The van der Waals surface area contributed by atoms with Crippen molar-refractivity contribution in [2.24, 2.45) is 0 Å². The standard InChI is InChI=1S/C27H26N2/c1-27(2,23-11-3-19(4-12-23)21-7-15-25(28)16-8-21)24-13-5-20(6-14-24)22-9-17-26(29)18-10-22/h3-18H,28-29H2,1-2H3. The Morgan fingerprint density at radius 3 is 0.931 bits per heavy atom. The molecular weight excluding hydrogens is 352 g/mol. The third kappa shape index (κ3) is 3.88. The second-order valence-corrected chi connectivity index (χ2v) is 8.02. The van der Waals surface area contributed by atoms with Gasteiger partial charge in [0.15, 0.2) is 0 Å². The lowest BCUT2D eigenvalue weighted by atomic mass is 9.77. The quantitative estimate of drug-likeness (QED) is 0.398. The van der Waals surface area contributed by atoms with Gasteiger partial charge in [0.2, 0.25) is 0 Å². The first-order valence-electron chi connectivity index (χ1n) is 9.86. The molecule has 0 atom stereocenters. The fourth-order valence-corrected chi connectivity index (χ4v) is 3.68. The van der Waals surface area contributed by atoms with Crippen LogP contribution in [0.5, 0.6) is 0 Å². The molecule has 0 fully saturated rings. The van der Waals surface area contributed by atoms with Gasteiger partial charge in [-0.1, -0.05) is 86.6 Å². The monoisotopic (exact) mass is 378 g/mol. The van der Waals surface area contributed by atoms with E-state index in [4.69, 9.17) is 11.5 Å². The van der Waals surface area contributed by atoms with Gasteiger partial charge in [-0.05, 0) is 57.6 Å². The maximum atomic E-state index is 5.80. The Morgan fingerprint density at radius 2 is 0.655 bits per heavy atom. The molecule has 0 saturated heterocycles. The molecule has 2 nitrogen and oxygen atoms in total. The van der Waals surface area contributed by atoms with Gasteiger partial charge in [0.05, 0.1) is 0 Å². The molecule has 0 aliphatic rings. The van der Waals surface area contributed by atoms with Gasteiger partial charge < -0.3 is 11.5 Å². The van der Waals surface area contributed by atoms with Crippen LogP contribution in [-0.2, 0) is 5.41 Å². The molecule has 0 amide bonds. The number of benzene rings is 4. The molecule has 4 aromatic carbocycles. The van der Waals surface area contributed by atoms with Crippen LogP contribution in [0.1, 0.15) is 25.0 Å². The van der Waals surface area contributed by atoms with Crippen LogP contribution in [0.15, 0.2) is 97.1 Å². The highest BCUT2D eigenvalue weighted by atomic mass is 14.5. The third-order valence-corrected chi connectivity index (χ3v) is 5.70. The van der Waals surface area contributed by atoms with E-state index in [-0.39, 0.29) is 5.41 Å². The summed E-state index contributed by atoms with van der Waals surface area (Å²) in [6.07, 6.45) is 0. The van der Waals surface area contributed by atoms with Crippen molar-refractivity contribution in [3.63, 3.8) is 0 Å². The molecule has 0 radical (unpaired) electrons. The lowest BCUT2D eigenvalue weighted by Crippen LogP contribution is -2.18. The van der Waals surface area contributed by atoms with Crippen LogP contribution in [0.25, 0.3) is 22.3 Å². The zero-order valence-electron chi connectivity index (χ0n) is 16.9. The molecular formula is C27H26N2. The number of anilines is 2. The lowest BCUT2D eigenvalue weighted by molar-refractivity contribution is 0.641. The Kier molecular flexibility index (Phi) is 4.85. The van der Waals surface area contributed by atoms with Crippen molar-refractivity contribution in [3.05, 3.63) is 108 Å². The third-order valence-electron chi connectivity index (χ3n) is 5.70. The largest absolute Gasteiger partial charge is 0.399 e. The van der Waals surface area contributed by atoms with Crippen molar-refractivity contribution in [3.8, 4) is 22.3 Å². The molecule has 0 aliphatic carbocycles. The van der Waals surface area contributed by atoms with E-state index in [0.717, 1.165) is 11.4 Å². The van der Waals surface area contributed by atoms with Gasteiger partial charge in [0.25, 0.3) is 0 Å². The highest BCUT2D eigenvalue weighted by molar-refractivity contribution is 5.67. The van der Waals surface area contributed by atoms with E-state index in [1.807, 2.05) is 24.3 Å². The van der Waals surface area contributed by atoms with Crippen LogP contribution in [-0.4, -0.2) is 0 Å². The predicted molar refractivity (Wildman–Crippen MR) is 125 cm³/mol. The minimum Gasteiger partial charge on any atom is -0.399 e. The maximum absolute atomic E-state index is 5.80. The van der Waals surface area contributed by atoms with E-state index in [1.165, 1.54) is 33.4 Å². The van der Waals surface area contributed by atoms with Crippen molar-refractivity contribution >= 4 is 11.4 Å². The number of hydrogen-bond donors (Lipinski definition) is 2. The van der Waals surface area contributed by atoms with Gasteiger partial charge in [-0.25, -0.2) is 0 Å². The van der Waals surface area contributed by atoms with Crippen LogP contribution in [0.4, 0.5) is 11.4 Å². The summed E-state index contributed by atoms with van der Waals surface area (Å²) in [6, 6.07) is 33.6. The van der Waals surface area contributed by atoms with Gasteiger partial charge in [-0.15, -0.1) is 0 Å². The fraction of sp³-hybridized carbons (Fsp3) is 0.111. The second kappa shape index (κ2) is 7.48. The summed E-state index contributed by atoms with van der Waals surface area (Å²) < 4.78 is 0. The Morgan fingerprint density at radius 1 is 0.414 bits per heavy atom. The van der Waals surface area contributed by atoms with E-state index in [1.54, 1.807) is 0 Å². The van der Waals surface area contributed by atoms with Gasteiger partial charge >= 0.3 is 0 Å². The molecule has 0 aliphatic heterocycles. The maximum Gasteiger partial charge on any atom is 0.0314 e. The molecule has 4 N–H and O–H groups in total. The number of hydrogen-bond acceptors (Lipinski definition) is 2. The summed E-state index contributed by atoms with van der Waals surface area (Å²) in [7, 11) is 0. The zero-order valence-corrected chi connectivity index (χ0v) is 16.9. The van der Waals surface area contributed by atoms with Gasteiger partial charge in [0, 0.05) is 16.8 Å².